The number of morpholine rings is 1. The molecule has 1 aromatic carbocycles. The number of nitrogens with one attached hydrogen (secondary N) is 1. The van der Waals surface area contributed by atoms with E-state index >= 15 is 0 Å². The maximum Gasteiger partial charge on any atom is 0.274 e. The number of halogens is 2. The Morgan fingerprint density at radius 2 is 2.00 bits per heavy atom. The van der Waals surface area contributed by atoms with Crippen molar-refractivity contribution in [2.75, 3.05) is 26.3 Å². The first-order chi connectivity index (χ1) is 14.5. The van der Waals surface area contributed by atoms with Crippen molar-refractivity contribution >= 4 is 5.91 Å². The van der Waals surface area contributed by atoms with Crippen molar-refractivity contribution in [2.45, 2.75) is 38.4 Å². The first-order valence-corrected chi connectivity index (χ1v) is 10.3. The SMILES string of the molecule is C=CCn1nc(C(=O)N2CCOCC2)c2c1CC[C@@H](NCc1cc(F)cc(F)c1)C2. The first kappa shape index (κ1) is 20.7. The molecule has 1 saturated heterocycles. The Bertz CT molecular complexity index is 917. The molecular weight excluding hydrogens is 390 g/mol. The number of hydrogen-bond acceptors (Lipinski definition) is 4. The van der Waals surface area contributed by atoms with E-state index in [4.69, 9.17) is 4.74 Å². The van der Waals surface area contributed by atoms with Gasteiger partial charge in [0.2, 0.25) is 0 Å². The van der Waals surface area contributed by atoms with E-state index in [1.165, 1.54) is 12.1 Å². The molecule has 0 bridgehead atoms. The molecular formula is C22H26F2N4O2. The highest BCUT2D eigenvalue weighted by Gasteiger charge is 2.31. The van der Waals surface area contributed by atoms with E-state index in [9.17, 15) is 13.6 Å². The van der Waals surface area contributed by atoms with Gasteiger partial charge in [-0.2, -0.15) is 5.10 Å². The Balaban J connectivity index is 1.52. The van der Waals surface area contributed by atoms with Crippen molar-refractivity contribution < 1.29 is 18.3 Å². The van der Waals surface area contributed by atoms with Gasteiger partial charge in [-0.3, -0.25) is 9.48 Å². The molecule has 1 N–H and O–H groups in total. The average Bonchev–Trinajstić information content (AvgIpc) is 3.10. The van der Waals surface area contributed by atoms with E-state index in [1.807, 2.05) is 4.68 Å². The number of hydrogen-bond donors (Lipinski definition) is 1. The molecule has 0 unspecified atom stereocenters. The second-order valence-corrected chi connectivity index (χ2v) is 7.75. The van der Waals surface area contributed by atoms with E-state index in [-0.39, 0.29) is 11.9 Å². The zero-order valence-electron chi connectivity index (χ0n) is 16.9. The van der Waals surface area contributed by atoms with Gasteiger partial charge in [0.05, 0.1) is 19.8 Å². The minimum atomic E-state index is -0.582. The van der Waals surface area contributed by atoms with Gasteiger partial charge in [0.15, 0.2) is 5.69 Å². The number of benzene rings is 1. The summed E-state index contributed by atoms with van der Waals surface area (Å²) in [5, 5.41) is 8.00. The van der Waals surface area contributed by atoms with Crippen LogP contribution in [0, 0.1) is 11.6 Å². The van der Waals surface area contributed by atoms with Gasteiger partial charge in [0.1, 0.15) is 11.6 Å². The Kier molecular flexibility index (Phi) is 6.24. The zero-order valence-corrected chi connectivity index (χ0v) is 16.9. The van der Waals surface area contributed by atoms with Gasteiger partial charge in [-0.25, -0.2) is 8.78 Å². The average molecular weight is 416 g/mol. The van der Waals surface area contributed by atoms with E-state index < -0.39 is 11.6 Å². The topological polar surface area (TPSA) is 59.4 Å². The highest BCUT2D eigenvalue weighted by molar-refractivity contribution is 5.94. The molecule has 1 amide bonds. The number of ether oxygens (including phenoxy) is 1. The standard InChI is InChI=1S/C22H26F2N4O2/c1-2-5-28-20-4-3-18(25-14-15-10-16(23)12-17(24)11-15)13-19(20)21(26-28)22(29)27-6-8-30-9-7-27/h2,10-12,18,25H,1,3-9,13-14H2/t18-/m1/s1. The number of nitrogens with zero attached hydrogens (tertiary/aromatic N) is 3. The monoisotopic (exact) mass is 416 g/mol. The highest BCUT2D eigenvalue weighted by atomic mass is 19.1. The minimum absolute atomic E-state index is 0.0646. The second-order valence-electron chi connectivity index (χ2n) is 7.75. The lowest BCUT2D eigenvalue weighted by molar-refractivity contribution is 0.0297. The lowest BCUT2D eigenvalue weighted by atomic mass is 9.90. The maximum atomic E-state index is 13.4. The van der Waals surface area contributed by atoms with E-state index in [2.05, 4.69) is 17.0 Å². The molecule has 2 aliphatic rings. The Labute approximate surface area is 174 Å². The molecule has 1 aromatic heterocycles. The summed E-state index contributed by atoms with van der Waals surface area (Å²) in [5.74, 6) is -1.23. The summed E-state index contributed by atoms with van der Waals surface area (Å²) in [6, 6.07) is 3.63. The van der Waals surface area contributed by atoms with E-state index in [1.54, 1.807) is 11.0 Å². The lowest BCUT2D eigenvalue weighted by Crippen LogP contribution is -2.41. The van der Waals surface area contributed by atoms with Gasteiger partial charge in [-0.15, -0.1) is 6.58 Å². The van der Waals surface area contributed by atoms with Crippen LogP contribution in [0.15, 0.2) is 30.9 Å². The number of carbonyl (C=O) groups is 1. The molecule has 2 heterocycles. The number of fused-ring (bicyclic) bond motifs is 1. The first-order valence-electron chi connectivity index (χ1n) is 10.3. The van der Waals surface area contributed by atoms with Gasteiger partial charge in [0, 0.05) is 43.0 Å². The van der Waals surface area contributed by atoms with Gasteiger partial charge in [-0.05, 0) is 37.0 Å². The molecule has 0 radical (unpaired) electrons. The van der Waals surface area contributed by atoms with Crippen LogP contribution in [0.3, 0.4) is 0 Å². The van der Waals surface area contributed by atoms with Crippen LogP contribution in [0.4, 0.5) is 8.78 Å². The molecule has 1 fully saturated rings. The fourth-order valence-corrected chi connectivity index (χ4v) is 4.20. The number of amides is 1. The van der Waals surface area contributed by atoms with Crippen LogP contribution < -0.4 is 5.32 Å². The zero-order chi connectivity index (χ0) is 21.1. The molecule has 2 aromatic rings. The predicted octanol–water partition coefficient (Wildman–Crippen LogP) is 2.47. The molecule has 160 valence electrons. The van der Waals surface area contributed by atoms with E-state index in [0.717, 1.165) is 30.2 Å². The normalized spacial score (nSPS) is 18.9. The van der Waals surface area contributed by atoms with Crippen LogP contribution in [0.2, 0.25) is 0 Å². The smallest absolute Gasteiger partial charge is 0.274 e. The van der Waals surface area contributed by atoms with Gasteiger partial charge < -0.3 is 15.0 Å². The summed E-state index contributed by atoms with van der Waals surface area (Å²) in [4.78, 5) is 14.9. The Morgan fingerprint density at radius 1 is 1.27 bits per heavy atom. The van der Waals surface area contributed by atoms with E-state index in [0.29, 0.717) is 57.1 Å². The quantitative estimate of drug-likeness (QED) is 0.735. The molecule has 0 saturated carbocycles. The maximum absolute atomic E-state index is 13.4. The van der Waals surface area contributed by atoms with Crippen molar-refractivity contribution in [1.29, 1.82) is 0 Å². The van der Waals surface area contributed by atoms with Gasteiger partial charge in [-0.1, -0.05) is 6.08 Å². The molecule has 0 spiro atoms. The largest absolute Gasteiger partial charge is 0.378 e. The minimum Gasteiger partial charge on any atom is -0.378 e. The van der Waals surface area contributed by atoms with Crippen LogP contribution in [-0.4, -0.2) is 52.9 Å². The van der Waals surface area contributed by atoms with Crippen molar-refractivity contribution in [1.82, 2.24) is 20.0 Å². The summed E-state index contributed by atoms with van der Waals surface area (Å²) >= 11 is 0. The third kappa shape index (κ3) is 4.44. The molecule has 1 atom stereocenters. The lowest BCUT2D eigenvalue weighted by Gasteiger charge is -2.28. The van der Waals surface area contributed by atoms with Crippen molar-refractivity contribution in [3.05, 3.63) is 65.0 Å². The van der Waals surface area contributed by atoms with Gasteiger partial charge in [0.25, 0.3) is 5.91 Å². The summed E-state index contributed by atoms with van der Waals surface area (Å²) in [6.45, 7) is 6.92. The summed E-state index contributed by atoms with van der Waals surface area (Å²) < 4.78 is 34.1. The molecule has 30 heavy (non-hydrogen) atoms. The Morgan fingerprint density at radius 3 is 2.70 bits per heavy atom. The number of allylic oxidation sites excluding steroid dienone is 1. The number of aromatic nitrogens is 2. The van der Waals surface area contributed by atoms with Crippen molar-refractivity contribution in [2.24, 2.45) is 0 Å². The molecule has 6 nitrogen and oxygen atoms in total. The van der Waals surface area contributed by atoms with Crippen LogP contribution in [0.1, 0.15) is 33.7 Å². The summed E-state index contributed by atoms with van der Waals surface area (Å²) in [7, 11) is 0. The molecule has 1 aliphatic carbocycles. The number of rotatable bonds is 6. The van der Waals surface area contributed by atoms with Crippen molar-refractivity contribution in [3.63, 3.8) is 0 Å². The fraction of sp³-hybridized carbons (Fsp3) is 0.455. The van der Waals surface area contributed by atoms with Crippen LogP contribution in [0.5, 0.6) is 0 Å². The van der Waals surface area contributed by atoms with Crippen molar-refractivity contribution in [3.8, 4) is 0 Å². The molecule has 1 aliphatic heterocycles. The fourth-order valence-electron chi connectivity index (χ4n) is 4.20. The summed E-state index contributed by atoms with van der Waals surface area (Å²) in [5.41, 5.74) is 3.09. The Hall–Kier alpha value is -2.58. The summed E-state index contributed by atoms with van der Waals surface area (Å²) in [6.07, 6.45) is 4.06. The van der Waals surface area contributed by atoms with Crippen LogP contribution >= 0.6 is 0 Å². The van der Waals surface area contributed by atoms with Crippen LogP contribution in [-0.2, 0) is 30.7 Å². The molecule has 8 heteroatoms. The van der Waals surface area contributed by atoms with Gasteiger partial charge >= 0.3 is 0 Å². The third-order valence-electron chi connectivity index (χ3n) is 5.67. The van der Waals surface area contributed by atoms with Crippen LogP contribution in [0.25, 0.3) is 0 Å². The second kappa shape index (κ2) is 9.06. The molecule has 4 rings (SSSR count). The highest BCUT2D eigenvalue weighted by Crippen LogP contribution is 2.26. The predicted molar refractivity (Wildman–Crippen MR) is 108 cm³/mol. The number of carbonyl (C=O) groups excluding carboxylic acids is 1. The third-order valence-corrected chi connectivity index (χ3v) is 5.67.